The highest BCUT2D eigenvalue weighted by Crippen LogP contribution is 2.33. The number of hydrogen-bond acceptors (Lipinski definition) is 2. The van der Waals surface area contributed by atoms with Crippen molar-refractivity contribution in [3.05, 3.63) is 48.0 Å². The maximum Gasteiger partial charge on any atom is 0.243 e. The van der Waals surface area contributed by atoms with Gasteiger partial charge in [-0.05, 0) is 31.4 Å². The van der Waals surface area contributed by atoms with Crippen LogP contribution in [-0.4, -0.2) is 19.1 Å². The Morgan fingerprint density at radius 1 is 1.47 bits per heavy atom. The van der Waals surface area contributed by atoms with Crippen LogP contribution in [0.15, 0.2) is 36.9 Å². The van der Waals surface area contributed by atoms with Crippen LogP contribution in [0.2, 0.25) is 0 Å². The summed E-state index contributed by atoms with van der Waals surface area (Å²) in [5.74, 6) is 0.216. The molecule has 1 amide bonds. The molecule has 1 aromatic carbocycles. The molecule has 0 aromatic heterocycles. The van der Waals surface area contributed by atoms with Crippen LogP contribution in [0.3, 0.4) is 0 Å². The second-order valence-electron chi connectivity index (χ2n) is 5.05. The van der Waals surface area contributed by atoms with E-state index in [0.29, 0.717) is 12.5 Å². The van der Waals surface area contributed by atoms with Crippen molar-refractivity contribution in [3.8, 4) is 0 Å². The van der Waals surface area contributed by atoms with Gasteiger partial charge in [0.2, 0.25) is 5.91 Å². The normalized spacial score (nSPS) is 22.8. The molecule has 0 saturated carbocycles. The van der Waals surface area contributed by atoms with Crippen LogP contribution in [0.1, 0.15) is 30.1 Å². The molecule has 0 bridgehead atoms. The smallest absolute Gasteiger partial charge is 0.243 e. The second kappa shape index (κ2) is 6.53. The maximum atomic E-state index is 11.3. The van der Waals surface area contributed by atoms with E-state index in [1.165, 1.54) is 17.2 Å². The molecule has 1 aromatic rings. The lowest BCUT2D eigenvalue weighted by Crippen LogP contribution is -2.34. The quantitative estimate of drug-likeness (QED) is 0.844. The van der Waals surface area contributed by atoms with E-state index in [1.807, 2.05) is 0 Å². The number of carbonyl (C=O) groups excluding carboxylic acids is 1. The van der Waals surface area contributed by atoms with Gasteiger partial charge in [-0.3, -0.25) is 4.79 Å². The number of amides is 1. The Bertz CT molecular complexity index is 439. The number of hydrogen-bond donors (Lipinski definition) is 1. The molecule has 2 atom stereocenters. The van der Waals surface area contributed by atoms with Gasteiger partial charge in [0.05, 0.1) is 6.10 Å². The van der Waals surface area contributed by atoms with Crippen LogP contribution in [0.5, 0.6) is 0 Å². The molecule has 3 heteroatoms. The lowest BCUT2D eigenvalue weighted by atomic mass is 9.89. The SMILES string of the molecule is C=CC(=O)NC[C@@H]1CCCO[C@@H]1c1ccc(C)cc1. The molecule has 1 saturated heterocycles. The van der Waals surface area contributed by atoms with Gasteiger partial charge in [0.25, 0.3) is 0 Å². The van der Waals surface area contributed by atoms with Crippen LogP contribution in [0, 0.1) is 12.8 Å². The van der Waals surface area contributed by atoms with Gasteiger partial charge in [-0.15, -0.1) is 0 Å². The first-order chi connectivity index (χ1) is 9.20. The molecule has 0 spiro atoms. The van der Waals surface area contributed by atoms with Crippen molar-refractivity contribution >= 4 is 5.91 Å². The van der Waals surface area contributed by atoms with Gasteiger partial charge in [-0.1, -0.05) is 36.4 Å². The molecule has 102 valence electrons. The molecule has 1 aliphatic heterocycles. The van der Waals surface area contributed by atoms with Crippen molar-refractivity contribution in [2.24, 2.45) is 5.92 Å². The average molecular weight is 259 g/mol. The zero-order valence-electron chi connectivity index (χ0n) is 11.4. The lowest BCUT2D eigenvalue weighted by molar-refractivity contribution is -0.117. The zero-order valence-corrected chi connectivity index (χ0v) is 11.4. The molecular weight excluding hydrogens is 238 g/mol. The summed E-state index contributed by atoms with van der Waals surface area (Å²) in [6.07, 6.45) is 3.52. The molecule has 3 nitrogen and oxygen atoms in total. The zero-order chi connectivity index (χ0) is 13.7. The average Bonchev–Trinajstić information content (AvgIpc) is 2.46. The number of aryl methyl sites for hydroxylation is 1. The fourth-order valence-electron chi connectivity index (χ4n) is 2.48. The van der Waals surface area contributed by atoms with Crippen molar-refractivity contribution in [3.63, 3.8) is 0 Å². The summed E-state index contributed by atoms with van der Waals surface area (Å²) in [5.41, 5.74) is 2.44. The maximum absolute atomic E-state index is 11.3. The first-order valence-corrected chi connectivity index (χ1v) is 6.79. The van der Waals surface area contributed by atoms with Crippen molar-refractivity contribution in [2.75, 3.05) is 13.2 Å². The predicted octanol–water partition coefficient (Wildman–Crippen LogP) is 2.76. The highest BCUT2D eigenvalue weighted by atomic mass is 16.5. The predicted molar refractivity (Wildman–Crippen MR) is 75.8 cm³/mol. The first kappa shape index (κ1) is 13.8. The van der Waals surface area contributed by atoms with Crippen LogP contribution >= 0.6 is 0 Å². The Morgan fingerprint density at radius 3 is 2.89 bits per heavy atom. The second-order valence-corrected chi connectivity index (χ2v) is 5.05. The van der Waals surface area contributed by atoms with Gasteiger partial charge < -0.3 is 10.1 Å². The fraction of sp³-hybridized carbons (Fsp3) is 0.438. The summed E-state index contributed by atoms with van der Waals surface area (Å²) in [7, 11) is 0. The Kier molecular flexibility index (Phi) is 4.74. The third-order valence-corrected chi connectivity index (χ3v) is 3.57. The topological polar surface area (TPSA) is 38.3 Å². The minimum Gasteiger partial charge on any atom is -0.373 e. The molecule has 0 radical (unpaired) electrons. The first-order valence-electron chi connectivity index (χ1n) is 6.79. The van der Waals surface area contributed by atoms with Crippen molar-refractivity contribution < 1.29 is 9.53 Å². The number of benzene rings is 1. The summed E-state index contributed by atoms with van der Waals surface area (Å²) in [6, 6.07) is 8.45. The van der Waals surface area contributed by atoms with E-state index in [1.54, 1.807) is 0 Å². The van der Waals surface area contributed by atoms with E-state index in [2.05, 4.69) is 43.1 Å². The van der Waals surface area contributed by atoms with Crippen molar-refractivity contribution in [2.45, 2.75) is 25.9 Å². The van der Waals surface area contributed by atoms with E-state index < -0.39 is 0 Å². The molecule has 19 heavy (non-hydrogen) atoms. The molecule has 0 aliphatic carbocycles. The highest BCUT2D eigenvalue weighted by molar-refractivity contribution is 5.86. The number of rotatable bonds is 4. The summed E-state index contributed by atoms with van der Waals surface area (Å²) in [6.45, 7) is 6.98. The molecule has 0 unspecified atom stereocenters. The van der Waals surface area contributed by atoms with Gasteiger partial charge in [0.15, 0.2) is 0 Å². The van der Waals surface area contributed by atoms with Gasteiger partial charge in [-0.2, -0.15) is 0 Å². The summed E-state index contributed by atoms with van der Waals surface area (Å²) < 4.78 is 5.91. The van der Waals surface area contributed by atoms with Gasteiger partial charge in [0.1, 0.15) is 0 Å². The number of nitrogens with one attached hydrogen (secondary N) is 1. The van der Waals surface area contributed by atoms with Crippen LogP contribution in [-0.2, 0) is 9.53 Å². The van der Waals surface area contributed by atoms with E-state index in [-0.39, 0.29) is 12.0 Å². The standard InChI is InChI=1S/C16H21NO2/c1-3-15(18)17-11-14-5-4-10-19-16(14)13-8-6-12(2)7-9-13/h3,6-9,14,16H,1,4-5,10-11H2,2H3,(H,17,18)/t14-,16+/m0/s1. The van der Waals surface area contributed by atoms with Gasteiger partial charge in [-0.25, -0.2) is 0 Å². The van der Waals surface area contributed by atoms with Crippen LogP contribution in [0.25, 0.3) is 0 Å². The summed E-state index contributed by atoms with van der Waals surface area (Å²) in [5, 5.41) is 2.88. The Labute approximate surface area is 114 Å². The summed E-state index contributed by atoms with van der Waals surface area (Å²) >= 11 is 0. The largest absolute Gasteiger partial charge is 0.373 e. The molecule has 1 heterocycles. The van der Waals surface area contributed by atoms with E-state index >= 15 is 0 Å². The van der Waals surface area contributed by atoms with Crippen LogP contribution in [0.4, 0.5) is 0 Å². The number of ether oxygens (including phenoxy) is 1. The Hall–Kier alpha value is -1.61. The Morgan fingerprint density at radius 2 is 2.21 bits per heavy atom. The van der Waals surface area contributed by atoms with E-state index in [4.69, 9.17) is 4.74 Å². The number of carbonyl (C=O) groups is 1. The third kappa shape index (κ3) is 3.67. The van der Waals surface area contributed by atoms with Gasteiger partial charge in [0, 0.05) is 19.1 Å². The molecule has 1 N–H and O–H groups in total. The van der Waals surface area contributed by atoms with Crippen LogP contribution < -0.4 is 5.32 Å². The minimum atomic E-state index is -0.117. The van der Waals surface area contributed by atoms with Gasteiger partial charge >= 0.3 is 0 Å². The Balaban J connectivity index is 2.05. The van der Waals surface area contributed by atoms with Crippen molar-refractivity contribution in [1.29, 1.82) is 0 Å². The van der Waals surface area contributed by atoms with Crippen molar-refractivity contribution in [1.82, 2.24) is 5.32 Å². The third-order valence-electron chi connectivity index (χ3n) is 3.57. The van der Waals surface area contributed by atoms with E-state index in [9.17, 15) is 4.79 Å². The van der Waals surface area contributed by atoms with E-state index in [0.717, 1.165) is 19.4 Å². The molecule has 1 fully saturated rings. The summed E-state index contributed by atoms with van der Waals surface area (Å²) in [4.78, 5) is 11.3. The highest BCUT2D eigenvalue weighted by Gasteiger charge is 2.27. The monoisotopic (exact) mass is 259 g/mol. The molecule has 2 rings (SSSR count). The minimum absolute atomic E-state index is 0.0828. The molecule has 1 aliphatic rings. The molecular formula is C16H21NO2. The lowest BCUT2D eigenvalue weighted by Gasteiger charge is -2.32. The fourth-order valence-corrected chi connectivity index (χ4v) is 2.48.